The van der Waals surface area contributed by atoms with Crippen molar-refractivity contribution in [1.29, 1.82) is 0 Å². The van der Waals surface area contributed by atoms with Gasteiger partial charge in [-0.25, -0.2) is 4.79 Å². The van der Waals surface area contributed by atoms with Crippen molar-refractivity contribution in [2.24, 2.45) is 5.92 Å². The lowest BCUT2D eigenvalue weighted by Gasteiger charge is -2.47. The highest BCUT2D eigenvalue weighted by Crippen LogP contribution is 2.39. The molecule has 2 atom stereocenters. The van der Waals surface area contributed by atoms with Crippen LogP contribution in [0.25, 0.3) is 11.0 Å². The summed E-state index contributed by atoms with van der Waals surface area (Å²) in [4.78, 5) is 38.9. The molecular weight excluding hydrogens is 436 g/mol. The number of amides is 2. The second-order valence-corrected chi connectivity index (χ2v) is 9.91. The van der Waals surface area contributed by atoms with Gasteiger partial charge in [-0.05, 0) is 62.6 Å². The first-order valence-electron chi connectivity index (χ1n) is 12.4. The fraction of sp³-hybridized carbons (Fsp3) is 0.577. The predicted molar refractivity (Wildman–Crippen MR) is 126 cm³/mol. The van der Waals surface area contributed by atoms with Gasteiger partial charge in [-0.2, -0.15) is 0 Å². The summed E-state index contributed by atoms with van der Waals surface area (Å²) in [5.41, 5.74) is 1.37. The highest BCUT2D eigenvalue weighted by Gasteiger charge is 2.43. The molecule has 0 bridgehead atoms. The summed E-state index contributed by atoms with van der Waals surface area (Å²) in [7, 11) is 0. The zero-order valence-electron chi connectivity index (χ0n) is 19.4. The van der Waals surface area contributed by atoms with Gasteiger partial charge in [-0.15, -0.1) is 0 Å². The number of hydrogen-bond donors (Lipinski definition) is 2. The monoisotopic (exact) mass is 468 g/mol. The fourth-order valence-corrected chi connectivity index (χ4v) is 5.80. The van der Waals surface area contributed by atoms with E-state index < -0.39 is 11.5 Å². The van der Waals surface area contributed by atoms with E-state index >= 15 is 0 Å². The minimum Gasteiger partial charge on any atom is -0.484 e. The Morgan fingerprint density at radius 2 is 1.97 bits per heavy atom. The molecule has 2 aliphatic carbocycles. The number of aryl methyl sites for hydroxylation is 1. The van der Waals surface area contributed by atoms with Crippen molar-refractivity contribution in [3.05, 3.63) is 39.7 Å². The summed E-state index contributed by atoms with van der Waals surface area (Å²) in [6.07, 6.45) is 8.16. The van der Waals surface area contributed by atoms with Crippen molar-refractivity contribution in [2.45, 2.75) is 63.4 Å². The highest BCUT2D eigenvalue weighted by atomic mass is 16.5. The maximum Gasteiger partial charge on any atom is 0.339 e. The van der Waals surface area contributed by atoms with Crippen LogP contribution in [0, 0.1) is 5.92 Å². The number of nitrogens with one attached hydrogen (secondary N) is 1. The van der Waals surface area contributed by atoms with E-state index in [4.69, 9.17) is 9.15 Å². The van der Waals surface area contributed by atoms with Gasteiger partial charge in [0, 0.05) is 36.0 Å². The fourth-order valence-electron chi connectivity index (χ4n) is 5.80. The number of piperidine rings is 1. The van der Waals surface area contributed by atoms with Crippen LogP contribution in [0.4, 0.5) is 0 Å². The van der Waals surface area contributed by atoms with E-state index in [2.05, 4.69) is 5.32 Å². The molecule has 34 heavy (non-hydrogen) atoms. The lowest BCUT2D eigenvalue weighted by molar-refractivity contribution is -0.143. The molecule has 8 nitrogen and oxygen atoms in total. The van der Waals surface area contributed by atoms with E-state index in [0.29, 0.717) is 30.8 Å². The summed E-state index contributed by atoms with van der Waals surface area (Å²) >= 11 is 0. The Bertz CT molecular complexity index is 1160. The van der Waals surface area contributed by atoms with E-state index in [-0.39, 0.29) is 30.6 Å². The molecule has 1 aromatic heterocycles. The molecule has 2 aromatic rings. The molecule has 2 N–H and O–H groups in total. The summed E-state index contributed by atoms with van der Waals surface area (Å²) < 4.78 is 11.1. The summed E-state index contributed by atoms with van der Waals surface area (Å²) in [6, 6.07) is 5.29. The summed E-state index contributed by atoms with van der Waals surface area (Å²) in [5, 5.41) is 14.3. The average molecular weight is 469 g/mol. The molecule has 1 aromatic carbocycles. The summed E-state index contributed by atoms with van der Waals surface area (Å²) in [5.74, 6) is 0.0156. The van der Waals surface area contributed by atoms with Gasteiger partial charge in [-0.1, -0.05) is 12.8 Å². The van der Waals surface area contributed by atoms with Gasteiger partial charge in [0.05, 0.1) is 12.1 Å². The number of carbonyl (C=O) groups excluding carboxylic acids is 2. The normalized spacial score (nSPS) is 24.3. The first-order valence-corrected chi connectivity index (χ1v) is 12.4. The zero-order valence-corrected chi connectivity index (χ0v) is 19.4. The molecule has 0 spiro atoms. The first kappa shape index (κ1) is 22.9. The van der Waals surface area contributed by atoms with Gasteiger partial charge < -0.3 is 24.5 Å². The molecule has 1 aliphatic heterocycles. The molecule has 5 rings (SSSR count). The highest BCUT2D eigenvalue weighted by molar-refractivity contribution is 5.86. The second-order valence-electron chi connectivity index (χ2n) is 9.91. The number of rotatable bonds is 5. The Hall–Kier alpha value is -2.87. The third-order valence-corrected chi connectivity index (χ3v) is 7.78. The maximum atomic E-state index is 12.6. The van der Waals surface area contributed by atoms with Crippen LogP contribution in [0.5, 0.6) is 5.75 Å². The topological polar surface area (TPSA) is 109 Å². The van der Waals surface area contributed by atoms with E-state index in [9.17, 15) is 19.5 Å². The molecule has 1 saturated carbocycles. The number of nitrogens with zero attached hydrogens (tertiary/aromatic N) is 1. The number of fused-ring (bicyclic) bond motifs is 4. The van der Waals surface area contributed by atoms with Gasteiger partial charge in [-0.3, -0.25) is 9.59 Å². The predicted octanol–water partition coefficient (Wildman–Crippen LogP) is 2.32. The largest absolute Gasteiger partial charge is 0.484 e. The van der Waals surface area contributed by atoms with Gasteiger partial charge in [0.25, 0.3) is 5.91 Å². The third kappa shape index (κ3) is 4.56. The summed E-state index contributed by atoms with van der Waals surface area (Å²) in [6.45, 7) is 0.736. The van der Waals surface area contributed by atoms with E-state index in [1.165, 1.54) is 0 Å². The Balaban J connectivity index is 1.14. The van der Waals surface area contributed by atoms with Crippen LogP contribution in [-0.2, 0) is 22.4 Å². The molecule has 2 amide bonds. The Labute approximate surface area is 198 Å². The molecule has 3 aliphatic rings. The van der Waals surface area contributed by atoms with Crippen molar-refractivity contribution < 1.29 is 23.8 Å². The van der Waals surface area contributed by atoms with E-state index in [1.54, 1.807) is 17.0 Å². The minimum absolute atomic E-state index is 0.0912. The van der Waals surface area contributed by atoms with Crippen LogP contribution < -0.4 is 15.7 Å². The lowest BCUT2D eigenvalue weighted by atomic mass is 9.71. The Kier molecular flexibility index (Phi) is 6.34. The van der Waals surface area contributed by atoms with Crippen molar-refractivity contribution in [3.8, 4) is 5.75 Å². The molecule has 2 heterocycles. The Morgan fingerprint density at radius 3 is 2.82 bits per heavy atom. The number of likely N-dealkylation sites (tertiary alicyclic amines) is 1. The lowest BCUT2D eigenvalue weighted by Crippen LogP contribution is -2.56. The van der Waals surface area contributed by atoms with Crippen LogP contribution in [-0.4, -0.2) is 53.7 Å². The molecule has 2 fully saturated rings. The average Bonchev–Trinajstić information content (AvgIpc) is 2.85. The quantitative estimate of drug-likeness (QED) is 0.652. The molecule has 0 radical (unpaired) electrons. The molecular formula is C26H32N2O6. The van der Waals surface area contributed by atoms with Crippen LogP contribution >= 0.6 is 0 Å². The van der Waals surface area contributed by atoms with Crippen LogP contribution in [0.1, 0.15) is 56.1 Å². The minimum atomic E-state index is -0.635. The first-order chi connectivity index (χ1) is 16.4. The zero-order chi connectivity index (χ0) is 23.7. The number of ether oxygens (including phenoxy) is 1. The van der Waals surface area contributed by atoms with Gasteiger partial charge in [0.15, 0.2) is 6.61 Å². The Morgan fingerprint density at radius 1 is 1.15 bits per heavy atom. The van der Waals surface area contributed by atoms with E-state index in [1.807, 2.05) is 6.07 Å². The molecule has 2 unspecified atom stereocenters. The van der Waals surface area contributed by atoms with Crippen molar-refractivity contribution in [2.75, 3.05) is 26.2 Å². The van der Waals surface area contributed by atoms with Crippen molar-refractivity contribution in [3.63, 3.8) is 0 Å². The van der Waals surface area contributed by atoms with Gasteiger partial charge in [0.2, 0.25) is 5.91 Å². The number of hydrogen-bond acceptors (Lipinski definition) is 6. The standard InChI is InChI=1S/C26H32N2O6/c29-23(27-14-24(30)28-12-11-26(32)10-4-3-5-17(26)15-28)16-33-18-8-9-20-19-6-1-2-7-21(19)25(31)34-22(20)13-18/h8-9,13,17,32H,1-7,10-12,14-16H2,(H,27,29). The SMILES string of the molecule is O=C(COc1ccc2c3c(c(=O)oc2c1)CCCC3)NCC(=O)N1CCC2(O)CCCCC2C1. The van der Waals surface area contributed by atoms with Crippen LogP contribution in [0.15, 0.2) is 27.4 Å². The third-order valence-electron chi connectivity index (χ3n) is 7.78. The second kappa shape index (κ2) is 9.41. The van der Waals surface area contributed by atoms with Crippen molar-refractivity contribution >= 4 is 22.8 Å². The van der Waals surface area contributed by atoms with Gasteiger partial charge in [0.1, 0.15) is 11.3 Å². The molecule has 8 heteroatoms. The van der Waals surface area contributed by atoms with Crippen LogP contribution in [0.2, 0.25) is 0 Å². The number of benzene rings is 1. The van der Waals surface area contributed by atoms with Crippen molar-refractivity contribution in [1.82, 2.24) is 10.2 Å². The maximum absolute atomic E-state index is 12.6. The van der Waals surface area contributed by atoms with E-state index in [0.717, 1.165) is 67.9 Å². The molecule has 1 saturated heterocycles. The van der Waals surface area contributed by atoms with Gasteiger partial charge >= 0.3 is 5.63 Å². The number of carbonyl (C=O) groups is 2. The number of aliphatic hydroxyl groups is 1. The molecule has 182 valence electrons. The smallest absolute Gasteiger partial charge is 0.339 e. The van der Waals surface area contributed by atoms with Crippen LogP contribution in [0.3, 0.4) is 0 Å².